The average molecular weight is 324 g/mol. The monoisotopic (exact) mass is 323 g/mol. The van der Waals surface area contributed by atoms with Gasteiger partial charge in [-0.25, -0.2) is 4.98 Å². The summed E-state index contributed by atoms with van der Waals surface area (Å²) in [4.78, 5) is 14.0. The van der Waals surface area contributed by atoms with E-state index in [0.29, 0.717) is 5.28 Å². The molecule has 0 saturated carbocycles. The number of rotatable bonds is 5. The Morgan fingerprint density at radius 1 is 1.19 bits per heavy atom. The van der Waals surface area contributed by atoms with Gasteiger partial charge in [0, 0.05) is 18.0 Å². The quantitative estimate of drug-likeness (QED) is 0.736. The first-order valence-electron chi connectivity index (χ1n) is 7.97. The molecule has 0 N–H and O–H groups in total. The lowest BCUT2D eigenvalue weighted by atomic mass is 9.97. The predicted octanol–water partition coefficient (Wildman–Crippen LogP) is 4.85. The van der Waals surface area contributed by atoms with Crippen LogP contribution in [0.2, 0.25) is 5.28 Å². The number of anilines is 1. The van der Waals surface area contributed by atoms with Crippen LogP contribution in [0.1, 0.15) is 50.0 Å². The molecule has 0 aromatic carbocycles. The SMILES string of the molecule is CCCCN(CC)c1nc(Cl)nc2sc3c(c12)CCCC3. The molecule has 0 atom stereocenters. The maximum Gasteiger partial charge on any atom is 0.225 e. The van der Waals surface area contributed by atoms with Crippen LogP contribution in [0.3, 0.4) is 0 Å². The van der Waals surface area contributed by atoms with Crippen LogP contribution in [0.25, 0.3) is 10.2 Å². The van der Waals surface area contributed by atoms with E-state index in [-0.39, 0.29) is 0 Å². The second-order valence-electron chi connectivity index (χ2n) is 5.64. The lowest BCUT2D eigenvalue weighted by Gasteiger charge is -2.23. The first-order chi connectivity index (χ1) is 10.2. The summed E-state index contributed by atoms with van der Waals surface area (Å²) in [6.07, 6.45) is 7.31. The van der Waals surface area contributed by atoms with Gasteiger partial charge in [0.2, 0.25) is 5.28 Å². The Morgan fingerprint density at radius 2 is 2.00 bits per heavy atom. The third-order valence-corrected chi connectivity index (χ3v) is 5.59. The molecule has 21 heavy (non-hydrogen) atoms. The molecule has 0 aliphatic heterocycles. The first-order valence-corrected chi connectivity index (χ1v) is 9.16. The van der Waals surface area contributed by atoms with E-state index in [0.717, 1.165) is 23.7 Å². The van der Waals surface area contributed by atoms with Gasteiger partial charge in [0.25, 0.3) is 0 Å². The highest BCUT2D eigenvalue weighted by atomic mass is 35.5. The van der Waals surface area contributed by atoms with Crippen LogP contribution >= 0.6 is 22.9 Å². The average Bonchev–Trinajstić information content (AvgIpc) is 2.85. The fourth-order valence-corrected chi connectivity index (χ4v) is 4.57. The van der Waals surface area contributed by atoms with Crippen molar-refractivity contribution in [3.8, 4) is 0 Å². The number of nitrogens with zero attached hydrogens (tertiary/aromatic N) is 3. The number of hydrogen-bond acceptors (Lipinski definition) is 4. The third kappa shape index (κ3) is 2.88. The summed E-state index contributed by atoms with van der Waals surface area (Å²) >= 11 is 8.00. The molecule has 5 heteroatoms. The Bertz CT molecular complexity index is 638. The number of aromatic nitrogens is 2. The number of fused-ring (bicyclic) bond motifs is 3. The second kappa shape index (κ2) is 6.49. The standard InChI is InChI=1S/C16H22ClN3S/c1-3-5-10-20(4-2)14-13-11-8-6-7-9-12(11)21-15(13)19-16(17)18-14/h3-10H2,1-2H3. The maximum absolute atomic E-state index is 6.18. The van der Waals surface area contributed by atoms with Crippen molar-refractivity contribution in [3.05, 3.63) is 15.7 Å². The Kier molecular flexibility index (Phi) is 4.65. The zero-order valence-electron chi connectivity index (χ0n) is 12.8. The highest BCUT2D eigenvalue weighted by Gasteiger charge is 2.22. The predicted molar refractivity (Wildman–Crippen MR) is 91.9 cm³/mol. The Labute approximate surface area is 135 Å². The summed E-state index contributed by atoms with van der Waals surface area (Å²) in [5, 5.41) is 1.66. The third-order valence-electron chi connectivity index (χ3n) is 4.23. The van der Waals surface area contributed by atoms with Gasteiger partial charge in [-0.05, 0) is 56.2 Å². The molecule has 3 rings (SSSR count). The number of hydrogen-bond donors (Lipinski definition) is 0. The van der Waals surface area contributed by atoms with Gasteiger partial charge in [0.1, 0.15) is 10.6 Å². The molecule has 0 spiro atoms. The zero-order chi connectivity index (χ0) is 14.8. The Balaban J connectivity index is 2.13. The molecule has 0 saturated heterocycles. The molecule has 2 heterocycles. The molecule has 0 unspecified atom stereocenters. The van der Waals surface area contributed by atoms with Crippen molar-refractivity contribution in [2.24, 2.45) is 0 Å². The molecule has 114 valence electrons. The van der Waals surface area contributed by atoms with Gasteiger partial charge in [-0.2, -0.15) is 4.98 Å². The van der Waals surface area contributed by atoms with Gasteiger partial charge < -0.3 is 4.90 Å². The Hall–Kier alpha value is -0.870. The summed E-state index contributed by atoms with van der Waals surface area (Å²) in [5.74, 6) is 1.06. The van der Waals surface area contributed by atoms with Crippen molar-refractivity contribution in [1.29, 1.82) is 0 Å². The summed E-state index contributed by atoms with van der Waals surface area (Å²) < 4.78 is 0. The summed E-state index contributed by atoms with van der Waals surface area (Å²) in [5.41, 5.74) is 1.49. The molecular weight excluding hydrogens is 302 g/mol. The van der Waals surface area contributed by atoms with E-state index in [1.54, 1.807) is 0 Å². The van der Waals surface area contributed by atoms with Crippen molar-refractivity contribution in [2.75, 3.05) is 18.0 Å². The molecule has 0 amide bonds. The van der Waals surface area contributed by atoms with E-state index in [9.17, 15) is 0 Å². The van der Waals surface area contributed by atoms with Crippen molar-refractivity contribution >= 4 is 39.0 Å². The number of thiophene rings is 1. The van der Waals surface area contributed by atoms with Crippen LogP contribution in [-0.4, -0.2) is 23.1 Å². The van der Waals surface area contributed by atoms with Gasteiger partial charge in [-0.1, -0.05) is 13.3 Å². The van der Waals surface area contributed by atoms with E-state index in [2.05, 4.69) is 28.7 Å². The van der Waals surface area contributed by atoms with Gasteiger partial charge in [0.15, 0.2) is 0 Å². The smallest absolute Gasteiger partial charge is 0.225 e. The lowest BCUT2D eigenvalue weighted by Crippen LogP contribution is -2.25. The molecule has 1 aliphatic carbocycles. The van der Waals surface area contributed by atoms with Crippen LogP contribution < -0.4 is 4.90 Å². The molecule has 1 aliphatic rings. The molecule has 2 aromatic rings. The molecular formula is C16H22ClN3S. The van der Waals surface area contributed by atoms with Crippen LogP contribution in [0.5, 0.6) is 0 Å². The van der Waals surface area contributed by atoms with Gasteiger partial charge >= 0.3 is 0 Å². The number of halogens is 1. The van der Waals surface area contributed by atoms with Crippen LogP contribution in [0.4, 0.5) is 5.82 Å². The van der Waals surface area contributed by atoms with Gasteiger partial charge in [-0.15, -0.1) is 11.3 Å². The van der Waals surface area contributed by atoms with E-state index in [1.165, 1.54) is 54.4 Å². The second-order valence-corrected chi connectivity index (χ2v) is 7.06. The molecule has 2 aromatic heterocycles. The number of aryl methyl sites for hydroxylation is 2. The van der Waals surface area contributed by atoms with Crippen LogP contribution in [0, 0.1) is 0 Å². The highest BCUT2D eigenvalue weighted by molar-refractivity contribution is 7.19. The van der Waals surface area contributed by atoms with Crippen LogP contribution in [-0.2, 0) is 12.8 Å². The van der Waals surface area contributed by atoms with E-state index >= 15 is 0 Å². The van der Waals surface area contributed by atoms with Crippen LogP contribution in [0.15, 0.2) is 0 Å². The lowest BCUT2D eigenvalue weighted by molar-refractivity contribution is 0.698. The normalized spacial score (nSPS) is 14.4. The topological polar surface area (TPSA) is 29.0 Å². The first kappa shape index (κ1) is 15.0. The summed E-state index contributed by atoms with van der Waals surface area (Å²) in [6.45, 7) is 6.42. The van der Waals surface area contributed by atoms with Crippen molar-refractivity contribution < 1.29 is 0 Å². The van der Waals surface area contributed by atoms with E-state index < -0.39 is 0 Å². The summed E-state index contributed by atoms with van der Waals surface area (Å²) in [7, 11) is 0. The largest absolute Gasteiger partial charge is 0.356 e. The minimum Gasteiger partial charge on any atom is -0.356 e. The van der Waals surface area contributed by atoms with Crippen molar-refractivity contribution in [2.45, 2.75) is 52.4 Å². The maximum atomic E-state index is 6.18. The van der Waals surface area contributed by atoms with E-state index in [4.69, 9.17) is 11.6 Å². The Morgan fingerprint density at radius 3 is 2.76 bits per heavy atom. The van der Waals surface area contributed by atoms with Gasteiger partial charge in [0.05, 0.1) is 5.39 Å². The fraction of sp³-hybridized carbons (Fsp3) is 0.625. The molecule has 0 fully saturated rings. The van der Waals surface area contributed by atoms with Crippen molar-refractivity contribution in [1.82, 2.24) is 9.97 Å². The molecule has 0 radical (unpaired) electrons. The molecule has 0 bridgehead atoms. The number of unbranched alkanes of at least 4 members (excludes halogenated alkanes) is 1. The molecule has 3 nitrogen and oxygen atoms in total. The van der Waals surface area contributed by atoms with E-state index in [1.807, 2.05) is 11.3 Å². The fourth-order valence-electron chi connectivity index (χ4n) is 3.10. The minimum atomic E-state index is 0.381. The summed E-state index contributed by atoms with van der Waals surface area (Å²) in [6, 6.07) is 0. The van der Waals surface area contributed by atoms with Gasteiger partial charge in [-0.3, -0.25) is 0 Å². The highest BCUT2D eigenvalue weighted by Crippen LogP contribution is 2.40. The minimum absolute atomic E-state index is 0.381. The van der Waals surface area contributed by atoms with Crippen molar-refractivity contribution in [3.63, 3.8) is 0 Å². The zero-order valence-corrected chi connectivity index (χ0v) is 14.4.